The van der Waals surface area contributed by atoms with Gasteiger partial charge in [0.2, 0.25) is 5.91 Å². The van der Waals surface area contributed by atoms with Gasteiger partial charge in [-0.2, -0.15) is 0 Å². The fourth-order valence-corrected chi connectivity index (χ4v) is 4.83. The van der Waals surface area contributed by atoms with Crippen LogP contribution in [0.1, 0.15) is 73.9 Å². The molecule has 2 aromatic rings. The summed E-state index contributed by atoms with van der Waals surface area (Å²) in [6, 6.07) is 10.4. The monoisotopic (exact) mass is 385 g/mol. The molecule has 1 amide bonds. The first-order valence-corrected chi connectivity index (χ1v) is 11.1. The summed E-state index contributed by atoms with van der Waals surface area (Å²) in [4.78, 5) is 16.5. The van der Waals surface area contributed by atoms with Gasteiger partial charge in [0, 0.05) is 17.8 Å². The smallest absolute Gasteiger partial charge is 0.223 e. The number of carbonyl (C=O) groups is 1. The van der Waals surface area contributed by atoms with Gasteiger partial charge in [-0.25, -0.2) is 0 Å². The molecule has 2 heterocycles. The van der Waals surface area contributed by atoms with Crippen LogP contribution in [0.15, 0.2) is 35.7 Å². The van der Waals surface area contributed by atoms with E-state index < -0.39 is 0 Å². The van der Waals surface area contributed by atoms with E-state index in [0.29, 0.717) is 12.3 Å². The summed E-state index contributed by atoms with van der Waals surface area (Å²) in [5.41, 5.74) is 2.47. The van der Waals surface area contributed by atoms with Gasteiger partial charge in [0.1, 0.15) is 5.75 Å². The predicted molar refractivity (Wildman–Crippen MR) is 113 cm³/mol. The normalized spacial score (nSPS) is 16.2. The lowest BCUT2D eigenvalue weighted by molar-refractivity contribution is -0.133. The molecule has 0 fully saturated rings. The van der Waals surface area contributed by atoms with Crippen molar-refractivity contribution in [3.8, 4) is 5.75 Å². The van der Waals surface area contributed by atoms with Crippen LogP contribution in [-0.2, 0) is 11.2 Å². The number of rotatable bonds is 9. The second kappa shape index (κ2) is 9.93. The molecule has 1 aromatic carbocycles. The molecular formula is C23H31NO2S. The molecule has 4 heteroatoms. The lowest BCUT2D eigenvalue weighted by Crippen LogP contribution is -2.40. The van der Waals surface area contributed by atoms with Crippen molar-refractivity contribution in [3.63, 3.8) is 0 Å². The van der Waals surface area contributed by atoms with Gasteiger partial charge in [-0.15, -0.1) is 11.3 Å². The molecule has 0 saturated heterocycles. The number of thiophene rings is 1. The number of carbonyl (C=O) groups excluding carboxylic acids is 1. The van der Waals surface area contributed by atoms with Gasteiger partial charge in [0.25, 0.3) is 0 Å². The Hall–Kier alpha value is -1.81. The van der Waals surface area contributed by atoms with Crippen LogP contribution in [0.3, 0.4) is 0 Å². The van der Waals surface area contributed by atoms with Gasteiger partial charge in [-0.05, 0) is 47.5 Å². The largest absolute Gasteiger partial charge is 0.497 e. The first-order valence-electron chi connectivity index (χ1n) is 10.2. The van der Waals surface area contributed by atoms with Gasteiger partial charge in [0.05, 0.1) is 13.2 Å². The third-order valence-corrected chi connectivity index (χ3v) is 6.46. The van der Waals surface area contributed by atoms with Gasteiger partial charge in [-0.1, -0.05) is 51.2 Å². The first-order chi connectivity index (χ1) is 13.2. The third-order valence-electron chi connectivity index (χ3n) is 5.46. The standard InChI is InChI=1S/C23H31NO2S/c1-3-4-5-6-7-8-9-22(25)24-16-14-21-20(15-17-27-21)23(24)18-10-12-19(26-2)13-11-18/h10-13,15,17,23H,3-9,14,16H2,1-2H3. The molecule has 1 atom stereocenters. The van der Waals surface area contributed by atoms with E-state index in [1.54, 1.807) is 7.11 Å². The molecule has 1 aliphatic heterocycles. The highest BCUT2D eigenvalue weighted by atomic mass is 32.1. The molecular weight excluding hydrogens is 354 g/mol. The third kappa shape index (κ3) is 4.92. The molecule has 0 N–H and O–H groups in total. The van der Waals surface area contributed by atoms with Crippen molar-refractivity contribution in [2.45, 2.75) is 64.3 Å². The van der Waals surface area contributed by atoms with Crippen LogP contribution < -0.4 is 4.74 Å². The van der Waals surface area contributed by atoms with Crippen molar-refractivity contribution in [2.75, 3.05) is 13.7 Å². The Morgan fingerprint density at radius 3 is 2.59 bits per heavy atom. The fourth-order valence-electron chi connectivity index (χ4n) is 3.93. The molecule has 146 valence electrons. The molecule has 0 radical (unpaired) electrons. The number of hydrogen-bond acceptors (Lipinski definition) is 3. The highest BCUT2D eigenvalue weighted by Gasteiger charge is 2.32. The molecule has 3 rings (SSSR count). The minimum absolute atomic E-state index is 0.0403. The van der Waals surface area contributed by atoms with Crippen LogP contribution in [-0.4, -0.2) is 24.5 Å². The Morgan fingerprint density at radius 1 is 1.11 bits per heavy atom. The average Bonchev–Trinajstić information content (AvgIpc) is 3.18. The van der Waals surface area contributed by atoms with E-state index in [2.05, 4.69) is 35.4 Å². The number of unbranched alkanes of at least 4 members (excludes halogenated alkanes) is 5. The van der Waals surface area contributed by atoms with E-state index in [0.717, 1.165) is 31.6 Å². The van der Waals surface area contributed by atoms with Crippen LogP contribution >= 0.6 is 11.3 Å². The second-order valence-corrected chi connectivity index (χ2v) is 8.33. The predicted octanol–water partition coefficient (Wildman–Crippen LogP) is 5.98. The average molecular weight is 386 g/mol. The van der Waals surface area contributed by atoms with Crippen molar-refractivity contribution < 1.29 is 9.53 Å². The van der Waals surface area contributed by atoms with Crippen LogP contribution in [0.2, 0.25) is 0 Å². The molecule has 27 heavy (non-hydrogen) atoms. The highest BCUT2D eigenvalue weighted by Crippen LogP contribution is 2.38. The lowest BCUT2D eigenvalue weighted by Gasteiger charge is -2.36. The Balaban J connectivity index is 1.70. The number of nitrogens with zero attached hydrogens (tertiary/aromatic N) is 1. The number of amides is 1. The molecule has 1 aliphatic rings. The van der Waals surface area contributed by atoms with Crippen molar-refractivity contribution in [1.29, 1.82) is 0 Å². The maximum Gasteiger partial charge on any atom is 0.223 e. The second-order valence-electron chi connectivity index (χ2n) is 7.33. The molecule has 1 aromatic heterocycles. The molecule has 0 spiro atoms. The maximum atomic E-state index is 13.0. The number of methoxy groups -OCH3 is 1. The van der Waals surface area contributed by atoms with E-state index in [1.807, 2.05) is 23.5 Å². The Labute approximate surface area is 167 Å². The zero-order valence-electron chi connectivity index (χ0n) is 16.6. The summed E-state index contributed by atoms with van der Waals surface area (Å²) in [6.07, 6.45) is 8.92. The van der Waals surface area contributed by atoms with Crippen LogP contribution in [0.25, 0.3) is 0 Å². The SMILES string of the molecule is CCCCCCCCC(=O)N1CCc2sccc2C1c1ccc(OC)cc1. The van der Waals surface area contributed by atoms with Gasteiger partial charge >= 0.3 is 0 Å². The highest BCUT2D eigenvalue weighted by molar-refractivity contribution is 7.10. The molecule has 0 bridgehead atoms. The molecule has 3 nitrogen and oxygen atoms in total. The van der Waals surface area contributed by atoms with E-state index in [4.69, 9.17) is 4.74 Å². The van der Waals surface area contributed by atoms with Gasteiger partial charge < -0.3 is 9.64 Å². The van der Waals surface area contributed by atoms with Crippen molar-refractivity contribution in [2.24, 2.45) is 0 Å². The molecule has 0 aliphatic carbocycles. The maximum absolute atomic E-state index is 13.0. The van der Waals surface area contributed by atoms with Gasteiger partial charge in [-0.3, -0.25) is 4.79 Å². The summed E-state index contributed by atoms with van der Waals surface area (Å²) in [7, 11) is 1.68. The number of ether oxygens (including phenoxy) is 1. The number of benzene rings is 1. The summed E-state index contributed by atoms with van der Waals surface area (Å²) >= 11 is 1.81. The fraction of sp³-hybridized carbons (Fsp3) is 0.522. The van der Waals surface area contributed by atoms with Gasteiger partial charge in [0.15, 0.2) is 0 Å². The van der Waals surface area contributed by atoms with Crippen molar-refractivity contribution >= 4 is 17.2 Å². The number of fused-ring (bicyclic) bond motifs is 1. The lowest BCUT2D eigenvalue weighted by atomic mass is 9.92. The topological polar surface area (TPSA) is 29.5 Å². The minimum atomic E-state index is 0.0403. The molecule has 1 unspecified atom stereocenters. The number of hydrogen-bond donors (Lipinski definition) is 0. The van der Waals surface area contributed by atoms with E-state index in [1.165, 1.54) is 41.7 Å². The first kappa shape index (κ1) is 19.9. The summed E-state index contributed by atoms with van der Waals surface area (Å²) in [5.74, 6) is 1.15. The van der Waals surface area contributed by atoms with Crippen molar-refractivity contribution in [3.05, 3.63) is 51.7 Å². The van der Waals surface area contributed by atoms with Crippen LogP contribution in [0, 0.1) is 0 Å². The van der Waals surface area contributed by atoms with Crippen LogP contribution in [0.5, 0.6) is 5.75 Å². The Bertz CT molecular complexity index is 722. The molecule has 0 saturated carbocycles. The van der Waals surface area contributed by atoms with E-state index >= 15 is 0 Å². The Kier molecular flexibility index (Phi) is 7.33. The summed E-state index contributed by atoms with van der Waals surface area (Å²) < 4.78 is 5.30. The summed E-state index contributed by atoms with van der Waals surface area (Å²) in [6.45, 7) is 3.05. The van der Waals surface area contributed by atoms with Crippen LogP contribution in [0.4, 0.5) is 0 Å². The summed E-state index contributed by atoms with van der Waals surface area (Å²) in [5, 5.41) is 2.16. The van der Waals surface area contributed by atoms with E-state index in [-0.39, 0.29) is 6.04 Å². The zero-order chi connectivity index (χ0) is 19.1. The van der Waals surface area contributed by atoms with Crippen molar-refractivity contribution in [1.82, 2.24) is 4.90 Å². The zero-order valence-corrected chi connectivity index (χ0v) is 17.4. The Morgan fingerprint density at radius 2 is 1.85 bits per heavy atom. The minimum Gasteiger partial charge on any atom is -0.497 e. The van der Waals surface area contributed by atoms with E-state index in [9.17, 15) is 4.79 Å². The quantitative estimate of drug-likeness (QED) is 0.497.